The first-order chi connectivity index (χ1) is 14.8. The standard InChI is InChI=1S/C24H30N2O5/c1-5-6-11-30-20-9-7-19(8-10-20)24(29)31-15-22(28)25-14-21(27)26-23-17(3)12-16(2)13-18(23)4/h7-10,12-13H,5-6,11,14-15H2,1-4H3,(H,25,28)(H,26,27). The highest BCUT2D eigenvalue weighted by molar-refractivity contribution is 5.96. The maximum absolute atomic E-state index is 12.1. The topological polar surface area (TPSA) is 93.7 Å². The predicted molar refractivity (Wildman–Crippen MR) is 119 cm³/mol. The van der Waals surface area contributed by atoms with Crippen LogP contribution in [0.4, 0.5) is 5.69 Å². The third-order valence-corrected chi connectivity index (χ3v) is 4.58. The molecule has 0 fully saturated rings. The van der Waals surface area contributed by atoms with Crippen LogP contribution in [0.15, 0.2) is 36.4 Å². The van der Waals surface area contributed by atoms with E-state index in [1.165, 1.54) is 0 Å². The Morgan fingerprint density at radius 2 is 1.58 bits per heavy atom. The molecular formula is C24H30N2O5. The minimum atomic E-state index is -0.620. The molecule has 31 heavy (non-hydrogen) atoms. The molecule has 2 aromatic rings. The lowest BCUT2D eigenvalue weighted by Gasteiger charge is -2.13. The van der Waals surface area contributed by atoms with E-state index in [1.54, 1.807) is 24.3 Å². The number of hydrogen-bond acceptors (Lipinski definition) is 5. The summed E-state index contributed by atoms with van der Waals surface area (Å²) >= 11 is 0. The lowest BCUT2D eigenvalue weighted by molar-refractivity contribution is -0.126. The maximum Gasteiger partial charge on any atom is 0.338 e. The smallest absolute Gasteiger partial charge is 0.338 e. The van der Waals surface area contributed by atoms with Crippen molar-refractivity contribution < 1.29 is 23.9 Å². The SMILES string of the molecule is CCCCOc1ccc(C(=O)OCC(=O)NCC(=O)Nc2c(C)cc(C)cc2C)cc1. The third-order valence-electron chi connectivity index (χ3n) is 4.58. The molecule has 0 radical (unpaired) electrons. The number of rotatable bonds is 10. The van der Waals surface area contributed by atoms with Crippen molar-refractivity contribution in [2.24, 2.45) is 0 Å². The summed E-state index contributed by atoms with van der Waals surface area (Å²) in [5.41, 5.74) is 4.07. The summed E-state index contributed by atoms with van der Waals surface area (Å²) in [7, 11) is 0. The molecule has 2 aromatic carbocycles. The first-order valence-corrected chi connectivity index (χ1v) is 10.3. The second-order valence-electron chi connectivity index (χ2n) is 7.40. The van der Waals surface area contributed by atoms with Crippen LogP contribution in [0.5, 0.6) is 5.75 Å². The molecular weight excluding hydrogens is 396 g/mol. The van der Waals surface area contributed by atoms with Gasteiger partial charge in [-0.1, -0.05) is 31.0 Å². The Bertz CT molecular complexity index is 899. The molecule has 0 saturated carbocycles. The zero-order valence-corrected chi connectivity index (χ0v) is 18.5. The molecule has 0 aliphatic heterocycles. The van der Waals surface area contributed by atoms with Crippen molar-refractivity contribution >= 4 is 23.5 Å². The Morgan fingerprint density at radius 1 is 0.935 bits per heavy atom. The molecule has 0 spiro atoms. The van der Waals surface area contributed by atoms with Gasteiger partial charge >= 0.3 is 5.97 Å². The van der Waals surface area contributed by atoms with Gasteiger partial charge in [0.2, 0.25) is 5.91 Å². The van der Waals surface area contributed by atoms with E-state index in [-0.39, 0.29) is 12.5 Å². The van der Waals surface area contributed by atoms with Gasteiger partial charge in [-0.2, -0.15) is 0 Å². The van der Waals surface area contributed by atoms with Crippen molar-refractivity contribution in [3.8, 4) is 5.75 Å². The number of benzene rings is 2. The maximum atomic E-state index is 12.1. The molecule has 2 N–H and O–H groups in total. The van der Waals surface area contributed by atoms with Gasteiger partial charge in [0.1, 0.15) is 5.75 Å². The fourth-order valence-corrected chi connectivity index (χ4v) is 3.03. The molecule has 2 rings (SSSR count). The number of nitrogens with one attached hydrogen (secondary N) is 2. The van der Waals surface area contributed by atoms with Crippen LogP contribution >= 0.6 is 0 Å². The molecule has 7 nitrogen and oxygen atoms in total. The second-order valence-corrected chi connectivity index (χ2v) is 7.40. The van der Waals surface area contributed by atoms with Crippen molar-refractivity contribution in [2.75, 3.05) is 25.1 Å². The zero-order valence-electron chi connectivity index (χ0n) is 18.5. The fourth-order valence-electron chi connectivity index (χ4n) is 3.03. The summed E-state index contributed by atoms with van der Waals surface area (Å²) in [5, 5.41) is 5.25. The number of aryl methyl sites for hydroxylation is 3. The number of unbranched alkanes of at least 4 members (excludes halogenated alkanes) is 1. The Morgan fingerprint density at radius 3 is 2.19 bits per heavy atom. The zero-order chi connectivity index (χ0) is 22.8. The van der Waals surface area contributed by atoms with Gasteiger partial charge < -0.3 is 20.1 Å². The van der Waals surface area contributed by atoms with Gasteiger partial charge in [-0.3, -0.25) is 9.59 Å². The summed E-state index contributed by atoms with van der Waals surface area (Å²) in [5.74, 6) is -0.854. The van der Waals surface area contributed by atoms with E-state index in [1.807, 2.05) is 32.9 Å². The highest BCUT2D eigenvalue weighted by Gasteiger charge is 2.13. The number of carbonyl (C=O) groups is 3. The molecule has 0 aliphatic carbocycles. The summed E-state index contributed by atoms with van der Waals surface area (Å²) in [6, 6.07) is 10.5. The van der Waals surface area contributed by atoms with Crippen molar-refractivity contribution in [3.63, 3.8) is 0 Å². The molecule has 0 aliphatic rings. The summed E-state index contributed by atoms with van der Waals surface area (Å²) in [6.45, 7) is 7.84. The number of ether oxygens (including phenoxy) is 2. The van der Waals surface area contributed by atoms with Gasteiger partial charge in [0, 0.05) is 5.69 Å². The average molecular weight is 427 g/mol. The van der Waals surface area contributed by atoms with E-state index in [9.17, 15) is 14.4 Å². The monoisotopic (exact) mass is 426 g/mol. The summed E-state index contributed by atoms with van der Waals surface area (Å²) < 4.78 is 10.5. The Hall–Kier alpha value is -3.35. The number of hydrogen-bond donors (Lipinski definition) is 2. The average Bonchev–Trinajstić information content (AvgIpc) is 2.73. The van der Waals surface area contributed by atoms with Crippen molar-refractivity contribution in [1.82, 2.24) is 5.32 Å². The molecule has 0 bridgehead atoms. The van der Waals surface area contributed by atoms with E-state index in [2.05, 4.69) is 17.6 Å². The summed E-state index contributed by atoms with van der Waals surface area (Å²) in [6.07, 6.45) is 2.00. The number of amides is 2. The van der Waals surface area contributed by atoms with Gasteiger partial charge in [-0.05, 0) is 62.6 Å². The number of anilines is 1. The van der Waals surface area contributed by atoms with Crippen LogP contribution in [0, 0.1) is 20.8 Å². The van der Waals surface area contributed by atoms with Crippen LogP contribution in [0.2, 0.25) is 0 Å². The van der Waals surface area contributed by atoms with Crippen molar-refractivity contribution in [3.05, 3.63) is 58.7 Å². The molecule has 0 aromatic heterocycles. The molecule has 2 amide bonds. The highest BCUT2D eigenvalue weighted by atomic mass is 16.5. The van der Waals surface area contributed by atoms with Crippen LogP contribution in [-0.4, -0.2) is 37.5 Å². The van der Waals surface area contributed by atoms with Gasteiger partial charge in [0.05, 0.1) is 18.7 Å². The largest absolute Gasteiger partial charge is 0.494 e. The minimum absolute atomic E-state index is 0.215. The quantitative estimate of drug-likeness (QED) is 0.446. The Balaban J connectivity index is 1.75. The van der Waals surface area contributed by atoms with Crippen LogP contribution in [-0.2, 0) is 14.3 Å². The molecule has 0 unspecified atom stereocenters. The molecule has 0 saturated heterocycles. The number of esters is 1. The van der Waals surface area contributed by atoms with Crippen LogP contribution in [0.1, 0.15) is 46.8 Å². The lowest BCUT2D eigenvalue weighted by atomic mass is 10.1. The first kappa shape index (κ1) is 23.9. The predicted octanol–water partition coefficient (Wildman–Crippen LogP) is 3.70. The van der Waals surface area contributed by atoms with E-state index < -0.39 is 18.5 Å². The van der Waals surface area contributed by atoms with Gasteiger partial charge in [-0.25, -0.2) is 4.79 Å². The van der Waals surface area contributed by atoms with Crippen LogP contribution < -0.4 is 15.4 Å². The normalized spacial score (nSPS) is 10.3. The Labute approximate surface area is 183 Å². The van der Waals surface area contributed by atoms with Crippen molar-refractivity contribution in [2.45, 2.75) is 40.5 Å². The summed E-state index contributed by atoms with van der Waals surface area (Å²) in [4.78, 5) is 36.2. The van der Waals surface area contributed by atoms with Crippen LogP contribution in [0.25, 0.3) is 0 Å². The number of carbonyl (C=O) groups excluding carboxylic acids is 3. The van der Waals surface area contributed by atoms with Gasteiger partial charge in [0.15, 0.2) is 6.61 Å². The van der Waals surface area contributed by atoms with Gasteiger partial charge in [-0.15, -0.1) is 0 Å². The third kappa shape index (κ3) is 7.77. The molecule has 7 heteroatoms. The molecule has 166 valence electrons. The molecule has 0 heterocycles. The van der Waals surface area contributed by atoms with Crippen molar-refractivity contribution in [1.29, 1.82) is 0 Å². The Kier molecular flexibility index (Phi) is 9.06. The molecule has 0 atom stereocenters. The first-order valence-electron chi connectivity index (χ1n) is 10.3. The van der Waals surface area contributed by atoms with E-state index >= 15 is 0 Å². The lowest BCUT2D eigenvalue weighted by Crippen LogP contribution is -2.35. The van der Waals surface area contributed by atoms with E-state index in [0.717, 1.165) is 35.2 Å². The highest BCUT2D eigenvalue weighted by Crippen LogP contribution is 2.21. The minimum Gasteiger partial charge on any atom is -0.494 e. The van der Waals surface area contributed by atoms with E-state index in [4.69, 9.17) is 9.47 Å². The van der Waals surface area contributed by atoms with Gasteiger partial charge in [0.25, 0.3) is 5.91 Å². The fraction of sp³-hybridized carbons (Fsp3) is 0.375. The van der Waals surface area contributed by atoms with E-state index in [0.29, 0.717) is 17.9 Å². The van der Waals surface area contributed by atoms with Crippen LogP contribution in [0.3, 0.4) is 0 Å². The second kappa shape index (κ2) is 11.7.